The molecule has 2 aliphatic rings. The number of rotatable bonds is 3. The number of carbonyl (C=O) groups is 1. The molecule has 1 saturated heterocycles. The molecule has 4 heteroatoms. The van der Waals surface area contributed by atoms with Crippen LogP contribution in [0.15, 0.2) is 35.9 Å². The summed E-state index contributed by atoms with van der Waals surface area (Å²) in [6.07, 6.45) is 3.76. The molecule has 2 unspecified atom stereocenters. The third-order valence-electron chi connectivity index (χ3n) is 4.96. The highest BCUT2D eigenvalue weighted by molar-refractivity contribution is 5.70. The molecule has 2 aliphatic heterocycles. The van der Waals surface area contributed by atoms with Crippen LogP contribution in [0.4, 0.5) is 4.79 Å². The average molecular weight is 357 g/mol. The molecule has 2 atom stereocenters. The van der Waals surface area contributed by atoms with E-state index >= 15 is 0 Å². The Labute approximate surface area is 157 Å². The van der Waals surface area contributed by atoms with Gasteiger partial charge in [0.25, 0.3) is 0 Å². The predicted molar refractivity (Wildman–Crippen MR) is 103 cm³/mol. The smallest absolute Gasteiger partial charge is 0.411 e. The van der Waals surface area contributed by atoms with E-state index in [1.807, 2.05) is 25.7 Å². The van der Waals surface area contributed by atoms with Crippen molar-refractivity contribution >= 4 is 6.09 Å². The maximum absolute atomic E-state index is 12.6. The Kier molecular flexibility index (Phi) is 5.42. The second kappa shape index (κ2) is 7.43. The molecule has 0 radical (unpaired) electrons. The van der Waals surface area contributed by atoms with Gasteiger partial charge >= 0.3 is 6.09 Å². The van der Waals surface area contributed by atoms with Crippen molar-refractivity contribution in [3.8, 4) is 0 Å². The molecule has 4 nitrogen and oxygen atoms in total. The van der Waals surface area contributed by atoms with Gasteiger partial charge in [0.1, 0.15) is 5.60 Å². The normalized spacial score (nSPS) is 23.0. The Hall–Kier alpha value is -1.81. The van der Waals surface area contributed by atoms with Crippen molar-refractivity contribution in [1.29, 1.82) is 0 Å². The van der Waals surface area contributed by atoms with Crippen LogP contribution in [0.3, 0.4) is 0 Å². The zero-order chi connectivity index (χ0) is 18.9. The first-order valence-electron chi connectivity index (χ1n) is 9.60. The second-order valence-electron chi connectivity index (χ2n) is 8.75. The van der Waals surface area contributed by atoms with Crippen LogP contribution >= 0.6 is 0 Å². The maximum atomic E-state index is 12.6. The number of ether oxygens (including phenoxy) is 2. The van der Waals surface area contributed by atoms with Gasteiger partial charge in [-0.3, -0.25) is 4.90 Å². The van der Waals surface area contributed by atoms with E-state index in [-0.39, 0.29) is 18.2 Å². The number of amides is 1. The second-order valence-corrected chi connectivity index (χ2v) is 8.75. The molecule has 142 valence electrons. The number of hydrogen-bond donors (Lipinski definition) is 0. The van der Waals surface area contributed by atoms with Crippen LogP contribution in [0.5, 0.6) is 0 Å². The molecule has 3 rings (SSSR count). The van der Waals surface area contributed by atoms with Crippen LogP contribution in [0, 0.1) is 0 Å². The quantitative estimate of drug-likeness (QED) is 0.737. The minimum atomic E-state index is -0.478. The van der Waals surface area contributed by atoms with Gasteiger partial charge in [-0.2, -0.15) is 0 Å². The summed E-state index contributed by atoms with van der Waals surface area (Å²) in [4.78, 5) is 14.5. The molecule has 0 N–H and O–H groups in total. The number of hydrogen-bond acceptors (Lipinski definition) is 3. The molecule has 1 aromatic carbocycles. The molecule has 0 spiro atoms. The van der Waals surface area contributed by atoms with Crippen LogP contribution in [-0.4, -0.2) is 41.9 Å². The number of nitrogens with zero attached hydrogens (tertiary/aromatic N) is 1. The summed E-state index contributed by atoms with van der Waals surface area (Å²) in [5.74, 6) is 0.553. The van der Waals surface area contributed by atoms with Crippen molar-refractivity contribution < 1.29 is 14.3 Å². The van der Waals surface area contributed by atoms with Gasteiger partial charge in [0, 0.05) is 0 Å². The lowest BCUT2D eigenvalue weighted by Crippen LogP contribution is -2.57. The Morgan fingerprint density at radius 3 is 2.50 bits per heavy atom. The van der Waals surface area contributed by atoms with Gasteiger partial charge in [-0.05, 0) is 50.7 Å². The van der Waals surface area contributed by atoms with Gasteiger partial charge in [-0.1, -0.05) is 49.8 Å². The summed E-state index contributed by atoms with van der Waals surface area (Å²) in [7, 11) is 0. The van der Waals surface area contributed by atoms with Gasteiger partial charge in [0.05, 0.1) is 25.3 Å². The number of morpholine rings is 1. The molecule has 0 aromatic heterocycles. The average Bonchev–Trinajstić information content (AvgIpc) is 2.52. The summed E-state index contributed by atoms with van der Waals surface area (Å²) in [6, 6.07) is 8.94. The fourth-order valence-corrected chi connectivity index (χ4v) is 3.70. The highest BCUT2D eigenvalue weighted by Gasteiger charge is 2.39. The van der Waals surface area contributed by atoms with Crippen LogP contribution in [0.1, 0.15) is 58.1 Å². The molecular formula is C22H31NO3. The van der Waals surface area contributed by atoms with Crippen LogP contribution in [-0.2, 0) is 15.9 Å². The first-order chi connectivity index (χ1) is 12.2. The van der Waals surface area contributed by atoms with Crippen molar-refractivity contribution in [2.24, 2.45) is 0 Å². The first-order valence-corrected chi connectivity index (χ1v) is 9.60. The lowest BCUT2D eigenvalue weighted by molar-refractivity contribution is -0.0536. The van der Waals surface area contributed by atoms with Crippen LogP contribution in [0.2, 0.25) is 0 Å². The molecule has 1 fully saturated rings. The molecule has 2 heterocycles. The summed E-state index contributed by atoms with van der Waals surface area (Å²) in [5.41, 5.74) is 3.60. The lowest BCUT2D eigenvalue weighted by Gasteiger charge is -2.44. The third-order valence-corrected chi connectivity index (χ3v) is 4.96. The van der Waals surface area contributed by atoms with Crippen molar-refractivity contribution in [3.05, 3.63) is 47.0 Å². The van der Waals surface area contributed by atoms with E-state index < -0.39 is 5.60 Å². The van der Waals surface area contributed by atoms with Crippen molar-refractivity contribution in [1.82, 2.24) is 4.90 Å². The SMILES string of the molecule is CC(C)c1ccc(CC2=CC3COCC(C2)N3C(=O)OC(C)(C)C)cc1. The monoisotopic (exact) mass is 357 g/mol. The van der Waals surface area contributed by atoms with E-state index in [4.69, 9.17) is 9.47 Å². The van der Waals surface area contributed by atoms with Crippen molar-refractivity contribution in [2.45, 2.75) is 71.1 Å². The fourth-order valence-electron chi connectivity index (χ4n) is 3.70. The molecule has 26 heavy (non-hydrogen) atoms. The van der Waals surface area contributed by atoms with E-state index in [0.717, 1.165) is 12.8 Å². The standard InChI is InChI=1S/C22H31NO3/c1-15(2)18-8-6-16(7-9-18)10-17-11-19-13-25-14-20(12-17)23(19)21(24)26-22(3,4)5/h6-9,11,15,19-20H,10,12-14H2,1-5H3. The fraction of sp³-hybridized carbons (Fsp3) is 0.591. The zero-order valence-electron chi connectivity index (χ0n) is 16.6. The lowest BCUT2D eigenvalue weighted by atomic mass is 9.90. The number of carbonyl (C=O) groups excluding carboxylic acids is 1. The van der Waals surface area contributed by atoms with E-state index in [1.165, 1.54) is 16.7 Å². The van der Waals surface area contributed by atoms with E-state index in [9.17, 15) is 4.79 Å². The summed E-state index contributed by atoms with van der Waals surface area (Å²) in [6.45, 7) is 11.3. The minimum Gasteiger partial charge on any atom is -0.444 e. The minimum absolute atomic E-state index is 0.0257. The van der Waals surface area contributed by atoms with E-state index in [1.54, 1.807) is 0 Å². The van der Waals surface area contributed by atoms with E-state index in [2.05, 4.69) is 44.2 Å². The predicted octanol–water partition coefficient (Wildman–Crippen LogP) is 4.69. The molecule has 0 aliphatic carbocycles. The Bertz CT molecular complexity index is 670. The molecule has 1 aromatic rings. The summed E-state index contributed by atoms with van der Waals surface area (Å²) >= 11 is 0. The molecular weight excluding hydrogens is 326 g/mol. The topological polar surface area (TPSA) is 38.8 Å². The van der Waals surface area contributed by atoms with E-state index in [0.29, 0.717) is 19.1 Å². The highest BCUT2D eigenvalue weighted by Crippen LogP contribution is 2.30. The van der Waals surface area contributed by atoms with Gasteiger partial charge < -0.3 is 9.47 Å². The Morgan fingerprint density at radius 2 is 1.92 bits per heavy atom. The first kappa shape index (κ1) is 19.0. The van der Waals surface area contributed by atoms with Gasteiger partial charge in [-0.25, -0.2) is 4.79 Å². The summed E-state index contributed by atoms with van der Waals surface area (Å²) in [5, 5.41) is 0. The Morgan fingerprint density at radius 1 is 1.23 bits per heavy atom. The maximum Gasteiger partial charge on any atom is 0.411 e. The van der Waals surface area contributed by atoms with Gasteiger partial charge in [0.2, 0.25) is 0 Å². The van der Waals surface area contributed by atoms with Gasteiger partial charge in [0.15, 0.2) is 0 Å². The van der Waals surface area contributed by atoms with Gasteiger partial charge in [-0.15, -0.1) is 0 Å². The highest BCUT2D eigenvalue weighted by atomic mass is 16.6. The number of benzene rings is 1. The van der Waals surface area contributed by atoms with Crippen LogP contribution < -0.4 is 0 Å². The molecule has 0 saturated carbocycles. The van der Waals surface area contributed by atoms with Crippen LogP contribution in [0.25, 0.3) is 0 Å². The molecule has 2 bridgehead atoms. The largest absolute Gasteiger partial charge is 0.444 e. The van der Waals surface area contributed by atoms with Crippen molar-refractivity contribution in [2.75, 3.05) is 13.2 Å². The third kappa shape index (κ3) is 4.47. The zero-order valence-corrected chi connectivity index (χ0v) is 16.6. The van der Waals surface area contributed by atoms with Crippen molar-refractivity contribution in [3.63, 3.8) is 0 Å². The Balaban J connectivity index is 1.72. The summed E-state index contributed by atoms with van der Waals surface area (Å²) < 4.78 is 11.3. The molecule has 1 amide bonds. The number of fused-ring (bicyclic) bond motifs is 2.